The fourth-order valence-electron chi connectivity index (χ4n) is 7.16. The zero-order chi connectivity index (χ0) is 28.1. The number of Topliss-reactive ketones (excluding diaryl/α,β-unsaturated/α-hetero) is 2. The number of hydrogen-bond acceptors (Lipinski definition) is 5. The van der Waals surface area contributed by atoms with Gasteiger partial charge in [-0.1, -0.05) is 48.9 Å². The highest BCUT2D eigenvalue weighted by Gasteiger charge is 2.66. The Hall–Kier alpha value is -3.29. The number of H-pyrrole nitrogens is 1. The summed E-state index contributed by atoms with van der Waals surface area (Å²) >= 11 is 0. The predicted octanol–water partition coefficient (Wildman–Crippen LogP) is 3.96. The van der Waals surface area contributed by atoms with Crippen LogP contribution in [-0.4, -0.2) is 50.9 Å². The molecule has 1 aliphatic heterocycles. The van der Waals surface area contributed by atoms with Crippen molar-refractivity contribution in [3.63, 3.8) is 0 Å². The molecule has 5 rings (SSSR count). The first kappa shape index (κ1) is 27.3. The van der Waals surface area contributed by atoms with Crippen molar-refractivity contribution in [2.24, 2.45) is 23.2 Å². The first-order chi connectivity index (χ1) is 18.6. The Kier molecular flexibility index (Phi) is 7.25. The SMILES string of the molecule is CC1=C[C@@H](C)CC=C[C@H]2[C@H](O)C(C)=C(C)[C@H]3[C@H](Cc4c[nH]c5ccccc45)NC(=O)[C@@]23C(=O)CCC(=O)[C@@H]1O. The number of carbonyl (C=O) groups excluding carboxylic acids is 3. The minimum absolute atomic E-state index is 0.0260. The van der Waals surface area contributed by atoms with Gasteiger partial charge in [-0.2, -0.15) is 0 Å². The number of benzene rings is 1. The molecule has 2 aliphatic carbocycles. The van der Waals surface area contributed by atoms with Gasteiger partial charge in [0.25, 0.3) is 0 Å². The summed E-state index contributed by atoms with van der Waals surface area (Å²) in [6.45, 7) is 7.50. The predicted molar refractivity (Wildman–Crippen MR) is 150 cm³/mol. The summed E-state index contributed by atoms with van der Waals surface area (Å²) in [7, 11) is 0. The Balaban J connectivity index is 1.61. The van der Waals surface area contributed by atoms with Crippen molar-refractivity contribution in [3.8, 4) is 0 Å². The summed E-state index contributed by atoms with van der Waals surface area (Å²) in [5.74, 6) is -2.40. The second-order valence-electron chi connectivity index (χ2n) is 11.7. The van der Waals surface area contributed by atoms with Crippen LogP contribution in [0.3, 0.4) is 0 Å². The maximum atomic E-state index is 14.2. The summed E-state index contributed by atoms with van der Waals surface area (Å²) in [6.07, 6.45) is 6.07. The normalized spacial score (nSPS) is 34.1. The smallest absolute Gasteiger partial charge is 0.235 e. The van der Waals surface area contributed by atoms with Crippen molar-refractivity contribution in [2.45, 2.75) is 71.6 Å². The average molecular weight is 531 g/mol. The molecular weight excluding hydrogens is 492 g/mol. The maximum Gasteiger partial charge on any atom is 0.235 e. The molecule has 1 amide bonds. The number of amides is 1. The van der Waals surface area contributed by atoms with Gasteiger partial charge in [0.15, 0.2) is 5.78 Å². The molecule has 1 spiro atoms. The van der Waals surface area contributed by atoms with E-state index in [1.807, 2.05) is 69.5 Å². The largest absolute Gasteiger partial charge is 0.388 e. The van der Waals surface area contributed by atoms with Crippen LogP contribution in [-0.2, 0) is 20.8 Å². The number of aromatic nitrogens is 1. The molecule has 0 radical (unpaired) electrons. The molecule has 39 heavy (non-hydrogen) atoms. The van der Waals surface area contributed by atoms with Gasteiger partial charge in [-0.05, 0) is 62.3 Å². The highest BCUT2D eigenvalue weighted by molar-refractivity contribution is 6.10. The van der Waals surface area contributed by atoms with Crippen molar-refractivity contribution < 1.29 is 24.6 Å². The standard InChI is InChI=1S/C32H38N2O5/c1-17-8-7-10-23-30(38)20(4)19(3)28-25(15-21-16-33-24-11-6-5-9-22(21)24)34-31(39)32(23,28)27(36)13-12-26(35)29(37)18(2)14-17/h5-7,9-11,14,16-17,23,25,28-30,33,37-38H,8,12-13,15H2,1-4H3,(H,34,39)/t17-,23-,25-,28-,29+,30+,32+/m0/s1. The number of aromatic amines is 1. The molecule has 1 saturated heterocycles. The van der Waals surface area contributed by atoms with E-state index in [9.17, 15) is 24.6 Å². The van der Waals surface area contributed by atoms with Crippen LogP contribution >= 0.6 is 0 Å². The molecule has 2 heterocycles. The molecule has 2 aromatic rings. The second-order valence-corrected chi connectivity index (χ2v) is 11.7. The third-order valence-corrected chi connectivity index (χ3v) is 9.29. The Morgan fingerprint density at radius 3 is 2.54 bits per heavy atom. The molecule has 7 nitrogen and oxygen atoms in total. The highest BCUT2D eigenvalue weighted by atomic mass is 16.3. The van der Waals surface area contributed by atoms with Crippen molar-refractivity contribution in [1.82, 2.24) is 10.3 Å². The van der Waals surface area contributed by atoms with Crippen LogP contribution in [0.1, 0.15) is 52.5 Å². The monoisotopic (exact) mass is 530 g/mol. The minimum Gasteiger partial charge on any atom is -0.388 e. The number of aliphatic hydroxyl groups is 2. The summed E-state index contributed by atoms with van der Waals surface area (Å²) < 4.78 is 0. The van der Waals surface area contributed by atoms with Crippen LogP contribution in [0, 0.1) is 23.2 Å². The van der Waals surface area contributed by atoms with Gasteiger partial charge in [0.05, 0.1) is 6.10 Å². The highest BCUT2D eigenvalue weighted by Crippen LogP contribution is 2.55. The lowest BCUT2D eigenvalue weighted by Gasteiger charge is -2.46. The van der Waals surface area contributed by atoms with E-state index in [1.54, 1.807) is 6.92 Å². The van der Waals surface area contributed by atoms with Crippen LogP contribution in [0.2, 0.25) is 0 Å². The molecule has 1 fully saturated rings. The van der Waals surface area contributed by atoms with Gasteiger partial charge in [0.1, 0.15) is 17.3 Å². The fourth-order valence-corrected chi connectivity index (χ4v) is 7.16. The van der Waals surface area contributed by atoms with E-state index in [0.717, 1.165) is 27.6 Å². The van der Waals surface area contributed by atoms with Crippen LogP contribution in [0.25, 0.3) is 10.9 Å². The molecule has 4 N–H and O–H groups in total. The third-order valence-electron chi connectivity index (χ3n) is 9.29. The van der Waals surface area contributed by atoms with Gasteiger partial charge in [0, 0.05) is 47.8 Å². The van der Waals surface area contributed by atoms with Crippen LogP contribution in [0.5, 0.6) is 0 Å². The Labute approximate surface area is 229 Å². The topological polar surface area (TPSA) is 119 Å². The summed E-state index contributed by atoms with van der Waals surface area (Å²) in [6, 6.07) is 7.62. The van der Waals surface area contributed by atoms with E-state index in [1.165, 1.54) is 0 Å². The first-order valence-electron chi connectivity index (χ1n) is 13.9. The van der Waals surface area contributed by atoms with Gasteiger partial charge in [-0.3, -0.25) is 14.4 Å². The lowest BCUT2D eigenvalue weighted by Crippen LogP contribution is -2.55. The van der Waals surface area contributed by atoms with Gasteiger partial charge in [0.2, 0.25) is 5.91 Å². The Morgan fingerprint density at radius 2 is 1.77 bits per heavy atom. The maximum absolute atomic E-state index is 14.2. The lowest BCUT2D eigenvalue weighted by atomic mass is 9.54. The Morgan fingerprint density at radius 1 is 1.03 bits per heavy atom. The molecule has 1 aromatic heterocycles. The zero-order valence-corrected chi connectivity index (χ0v) is 23.0. The number of nitrogens with one attached hydrogen (secondary N) is 2. The number of hydrogen-bond donors (Lipinski definition) is 4. The van der Waals surface area contributed by atoms with Gasteiger partial charge < -0.3 is 20.5 Å². The first-order valence-corrected chi connectivity index (χ1v) is 13.9. The van der Waals surface area contributed by atoms with E-state index in [2.05, 4.69) is 10.3 Å². The molecule has 206 valence electrons. The van der Waals surface area contributed by atoms with Crippen molar-refractivity contribution in [1.29, 1.82) is 0 Å². The number of fused-ring (bicyclic) bond motifs is 1. The minimum atomic E-state index is -1.54. The fraction of sp³-hybridized carbons (Fsp3) is 0.469. The van der Waals surface area contributed by atoms with Crippen LogP contribution in [0.4, 0.5) is 0 Å². The summed E-state index contributed by atoms with van der Waals surface area (Å²) in [5, 5.41) is 26.3. The molecule has 7 atom stereocenters. The number of allylic oxidation sites excluding steroid dienone is 2. The van der Waals surface area contributed by atoms with E-state index in [4.69, 9.17) is 0 Å². The molecule has 0 unspecified atom stereocenters. The summed E-state index contributed by atoms with van der Waals surface area (Å²) in [4.78, 5) is 44.5. The molecule has 0 bridgehead atoms. The average Bonchev–Trinajstić information content (AvgIpc) is 3.45. The third kappa shape index (κ3) is 4.42. The van der Waals surface area contributed by atoms with Crippen molar-refractivity contribution in [3.05, 3.63) is 71.0 Å². The van der Waals surface area contributed by atoms with E-state index < -0.39 is 41.1 Å². The second kappa shape index (κ2) is 10.4. The number of aliphatic hydroxyl groups excluding tert-OH is 2. The quantitative estimate of drug-likeness (QED) is 0.346. The molecule has 7 heteroatoms. The lowest BCUT2D eigenvalue weighted by molar-refractivity contribution is -0.148. The van der Waals surface area contributed by atoms with E-state index >= 15 is 0 Å². The molecule has 3 aliphatic rings. The van der Waals surface area contributed by atoms with Crippen molar-refractivity contribution in [2.75, 3.05) is 0 Å². The number of carbonyl (C=O) groups is 3. The van der Waals surface area contributed by atoms with Gasteiger partial charge in [-0.15, -0.1) is 0 Å². The van der Waals surface area contributed by atoms with E-state index in [-0.39, 0.29) is 30.6 Å². The number of ketones is 2. The Bertz CT molecular complexity index is 1410. The van der Waals surface area contributed by atoms with E-state index in [0.29, 0.717) is 18.4 Å². The number of para-hydroxylation sites is 1. The van der Waals surface area contributed by atoms with Crippen LogP contribution < -0.4 is 5.32 Å². The van der Waals surface area contributed by atoms with Crippen molar-refractivity contribution >= 4 is 28.4 Å². The number of rotatable bonds is 2. The summed E-state index contributed by atoms with van der Waals surface area (Å²) in [5.41, 5.74) is 2.68. The van der Waals surface area contributed by atoms with Gasteiger partial charge >= 0.3 is 0 Å². The van der Waals surface area contributed by atoms with Crippen LogP contribution in [0.15, 0.2) is 65.4 Å². The molecular formula is C32H38N2O5. The molecule has 0 saturated carbocycles. The van der Waals surface area contributed by atoms with Gasteiger partial charge in [-0.25, -0.2) is 0 Å². The zero-order valence-electron chi connectivity index (χ0n) is 23.0. The molecule has 1 aromatic carbocycles.